The predicted molar refractivity (Wildman–Crippen MR) is 86.7 cm³/mol. The summed E-state index contributed by atoms with van der Waals surface area (Å²) in [4.78, 5) is 15.5. The molecule has 116 valence electrons. The minimum Gasteiger partial charge on any atom is -0.379 e. The van der Waals surface area contributed by atoms with Crippen molar-refractivity contribution in [3.8, 4) is 0 Å². The summed E-state index contributed by atoms with van der Waals surface area (Å²) < 4.78 is 5.29. The highest BCUT2D eigenvalue weighted by Gasteiger charge is 2.16. The van der Waals surface area contributed by atoms with Crippen molar-refractivity contribution < 1.29 is 9.53 Å². The van der Waals surface area contributed by atoms with Crippen molar-refractivity contribution in [2.75, 3.05) is 38.6 Å². The van der Waals surface area contributed by atoms with E-state index in [1.807, 2.05) is 18.7 Å². The molecule has 1 aromatic rings. The maximum atomic E-state index is 12.1. The molecule has 4 nitrogen and oxygen atoms in total. The van der Waals surface area contributed by atoms with Gasteiger partial charge in [-0.1, -0.05) is 19.1 Å². The zero-order valence-electron chi connectivity index (χ0n) is 12.8. The molecular formula is C16H24N2O2S. The van der Waals surface area contributed by atoms with E-state index in [1.54, 1.807) is 0 Å². The van der Waals surface area contributed by atoms with Crippen LogP contribution < -0.4 is 5.32 Å². The average Bonchev–Trinajstić information content (AvgIpc) is 2.49. The molecule has 1 amide bonds. The summed E-state index contributed by atoms with van der Waals surface area (Å²) in [6, 6.07) is 8.47. The Bertz CT molecular complexity index is 444. The van der Waals surface area contributed by atoms with Gasteiger partial charge in [-0.2, -0.15) is 0 Å². The first kappa shape index (κ1) is 16.3. The Morgan fingerprint density at radius 2 is 2.00 bits per heavy atom. The minimum absolute atomic E-state index is 0.0409. The fourth-order valence-electron chi connectivity index (χ4n) is 2.35. The van der Waals surface area contributed by atoms with Crippen LogP contribution in [0.5, 0.6) is 0 Å². The maximum absolute atomic E-state index is 12.1. The van der Waals surface area contributed by atoms with Crippen molar-refractivity contribution >= 4 is 17.7 Å². The molecule has 1 aliphatic heterocycles. The highest BCUT2D eigenvalue weighted by atomic mass is 32.2. The first-order valence-corrected chi connectivity index (χ1v) is 8.50. The molecule has 1 atom stereocenters. The van der Waals surface area contributed by atoms with Crippen molar-refractivity contribution in [3.63, 3.8) is 0 Å². The van der Waals surface area contributed by atoms with Gasteiger partial charge >= 0.3 is 0 Å². The second kappa shape index (κ2) is 8.41. The second-order valence-electron chi connectivity index (χ2n) is 5.18. The molecule has 0 radical (unpaired) electrons. The lowest BCUT2D eigenvalue weighted by molar-refractivity contribution is -0.123. The first-order valence-electron chi connectivity index (χ1n) is 7.51. The lowest BCUT2D eigenvalue weighted by Gasteiger charge is -2.26. The molecule has 1 N–H and O–H groups in total. The van der Waals surface area contributed by atoms with Gasteiger partial charge in [0.05, 0.1) is 25.8 Å². The topological polar surface area (TPSA) is 41.6 Å². The van der Waals surface area contributed by atoms with E-state index < -0.39 is 0 Å². The van der Waals surface area contributed by atoms with Gasteiger partial charge in [0.25, 0.3) is 0 Å². The number of ether oxygens (including phenoxy) is 1. The Balaban J connectivity index is 1.82. The van der Waals surface area contributed by atoms with Crippen LogP contribution in [0.3, 0.4) is 0 Å². The molecule has 1 unspecified atom stereocenters. The molecular weight excluding hydrogens is 284 g/mol. The summed E-state index contributed by atoms with van der Waals surface area (Å²) >= 11 is 1.83. The van der Waals surface area contributed by atoms with Crippen molar-refractivity contribution in [3.05, 3.63) is 29.8 Å². The average molecular weight is 308 g/mol. The van der Waals surface area contributed by atoms with Gasteiger partial charge in [0.15, 0.2) is 0 Å². The van der Waals surface area contributed by atoms with E-state index in [2.05, 4.69) is 41.4 Å². The van der Waals surface area contributed by atoms with Gasteiger partial charge in [0, 0.05) is 18.0 Å². The summed E-state index contributed by atoms with van der Waals surface area (Å²) in [5, 5.41) is 3.07. The Morgan fingerprint density at radius 3 is 2.62 bits per heavy atom. The molecule has 21 heavy (non-hydrogen) atoms. The van der Waals surface area contributed by atoms with Crippen LogP contribution in [0.15, 0.2) is 29.2 Å². The number of morpholine rings is 1. The molecule has 0 aliphatic carbocycles. The molecule has 2 rings (SSSR count). The Hall–Kier alpha value is -1.04. The molecule has 0 bridgehead atoms. The van der Waals surface area contributed by atoms with Crippen molar-refractivity contribution in [2.24, 2.45) is 0 Å². The van der Waals surface area contributed by atoms with Crippen LogP contribution in [0.2, 0.25) is 0 Å². The number of nitrogens with one attached hydrogen (secondary N) is 1. The Kier molecular flexibility index (Phi) is 6.54. The smallest absolute Gasteiger partial charge is 0.234 e. The lowest BCUT2D eigenvalue weighted by Crippen LogP contribution is -2.43. The standard InChI is InChI=1S/C16H24N2O2S/c1-3-21-15-6-4-14(5-7-15)13(2)17-16(19)12-18-8-10-20-11-9-18/h4-7,13H,3,8-12H2,1-2H3,(H,17,19). The molecule has 0 spiro atoms. The summed E-state index contributed by atoms with van der Waals surface area (Å²) in [5.41, 5.74) is 1.14. The number of hydrogen-bond donors (Lipinski definition) is 1. The van der Waals surface area contributed by atoms with Crippen LogP contribution in [0.1, 0.15) is 25.5 Å². The second-order valence-corrected chi connectivity index (χ2v) is 6.52. The van der Waals surface area contributed by atoms with Crippen molar-refractivity contribution in [1.82, 2.24) is 10.2 Å². The molecule has 1 saturated heterocycles. The maximum Gasteiger partial charge on any atom is 0.234 e. The largest absolute Gasteiger partial charge is 0.379 e. The van der Waals surface area contributed by atoms with E-state index in [0.29, 0.717) is 6.54 Å². The van der Waals surface area contributed by atoms with Crippen LogP contribution in [0, 0.1) is 0 Å². The fourth-order valence-corrected chi connectivity index (χ4v) is 3.01. The van der Waals surface area contributed by atoms with E-state index in [1.165, 1.54) is 4.90 Å². The SMILES string of the molecule is CCSc1ccc(C(C)NC(=O)CN2CCOCC2)cc1. The van der Waals surface area contributed by atoms with E-state index >= 15 is 0 Å². The molecule has 0 saturated carbocycles. The molecule has 5 heteroatoms. The molecule has 1 heterocycles. The third kappa shape index (κ3) is 5.34. The number of carbonyl (C=O) groups is 1. The first-order chi connectivity index (χ1) is 10.2. The van der Waals surface area contributed by atoms with Crippen LogP contribution >= 0.6 is 11.8 Å². The quantitative estimate of drug-likeness (QED) is 0.819. The summed E-state index contributed by atoms with van der Waals surface area (Å²) in [7, 11) is 0. The third-order valence-corrected chi connectivity index (χ3v) is 4.43. The Labute approximate surface area is 131 Å². The monoisotopic (exact) mass is 308 g/mol. The number of hydrogen-bond acceptors (Lipinski definition) is 4. The van der Waals surface area contributed by atoms with Crippen LogP contribution in [0.25, 0.3) is 0 Å². The van der Waals surface area contributed by atoms with E-state index in [-0.39, 0.29) is 11.9 Å². The molecule has 0 aromatic heterocycles. The van der Waals surface area contributed by atoms with E-state index in [4.69, 9.17) is 4.74 Å². The fraction of sp³-hybridized carbons (Fsp3) is 0.562. The highest BCUT2D eigenvalue weighted by molar-refractivity contribution is 7.99. The van der Waals surface area contributed by atoms with Crippen LogP contribution in [-0.4, -0.2) is 49.4 Å². The summed E-state index contributed by atoms with van der Waals surface area (Å²) in [5.74, 6) is 1.15. The van der Waals surface area contributed by atoms with Gasteiger partial charge in [-0.15, -0.1) is 11.8 Å². The predicted octanol–water partition coefficient (Wildman–Crippen LogP) is 2.31. The van der Waals surface area contributed by atoms with Gasteiger partial charge in [0.1, 0.15) is 0 Å². The molecule has 1 fully saturated rings. The lowest BCUT2D eigenvalue weighted by atomic mass is 10.1. The highest BCUT2D eigenvalue weighted by Crippen LogP contribution is 2.20. The number of benzene rings is 1. The summed E-state index contributed by atoms with van der Waals surface area (Å²) in [6.07, 6.45) is 0. The number of nitrogens with zero attached hydrogens (tertiary/aromatic N) is 1. The zero-order chi connectivity index (χ0) is 15.1. The van der Waals surface area contributed by atoms with Gasteiger partial charge < -0.3 is 10.1 Å². The van der Waals surface area contributed by atoms with Gasteiger partial charge in [-0.25, -0.2) is 0 Å². The minimum atomic E-state index is 0.0409. The van der Waals surface area contributed by atoms with Crippen molar-refractivity contribution in [1.29, 1.82) is 0 Å². The van der Waals surface area contributed by atoms with Gasteiger partial charge in [0.2, 0.25) is 5.91 Å². The third-order valence-electron chi connectivity index (χ3n) is 3.54. The van der Waals surface area contributed by atoms with E-state index in [0.717, 1.165) is 37.6 Å². The zero-order valence-corrected chi connectivity index (χ0v) is 13.6. The number of rotatable bonds is 6. The summed E-state index contributed by atoms with van der Waals surface area (Å²) in [6.45, 7) is 7.75. The normalized spacial score (nSPS) is 17.4. The van der Waals surface area contributed by atoms with Crippen molar-refractivity contribution in [2.45, 2.75) is 24.8 Å². The number of carbonyl (C=O) groups excluding carboxylic acids is 1. The van der Waals surface area contributed by atoms with Crippen LogP contribution in [-0.2, 0) is 9.53 Å². The molecule has 1 aliphatic rings. The van der Waals surface area contributed by atoms with Gasteiger partial charge in [-0.05, 0) is 30.4 Å². The Morgan fingerprint density at radius 1 is 1.33 bits per heavy atom. The molecule has 1 aromatic carbocycles. The number of thioether (sulfide) groups is 1. The van der Waals surface area contributed by atoms with Gasteiger partial charge in [-0.3, -0.25) is 9.69 Å². The van der Waals surface area contributed by atoms with Crippen LogP contribution in [0.4, 0.5) is 0 Å². The number of amides is 1. The van der Waals surface area contributed by atoms with E-state index in [9.17, 15) is 4.79 Å².